The highest BCUT2D eigenvalue weighted by molar-refractivity contribution is 5.97. The third kappa shape index (κ3) is 3.58. The lowest BCUT2D eigenvalue weighted by molar-refractivity contribution is -0.135. The summed E-state index contributed by atoms with van der Waals surface area (Å²) in [5.74, 6) is 0.380. The van der Waals surface area contributed by atoms with E-state index in [2.05, 4.69) is 5.32 Å². The van der Waals surface area contributed by atoms with Crippen molar-refractivity contribution in [1.29, 1.82) is 0 Å². The summed E-state index contributed by atoms with van der Waals surface area (Å²) in [6.07, 6.45) is 2.61. The number of hydrogen-bond donors (Lipinski definition) is 1. The van der Waals surface area contributed by atoms with Crippen LogP contribution in [0.5, 0.6) is 5.75 Å². The Bertz CT molecular complexity index is 852. The zero-order chi connectivity index (χ0) is 20.8. The van der Waals surface area contributed by atoms with Crippen LogP contribution in [-0.4, -0.2) is 65.8 Å². The first-order valence-electron chi connectivity index (χ1n) is 10.4. The van der Waals surface area contributed by atoms with Crippen LogP contribution in [0.2, 0.25) is 0 Å². The van der Waals surface area contributed by atoms with Crippen LogP contribution in [0, 0.1) is 5.92 Å². The van der Waals surface area contributed by atoms with E-state index >= 15 is 0 Å². The SMILES string of the molecule is COc1ccc2c(c1)C(=O)N[C@]1(CC2)CCN(C(=O)[C@H]2CC(=O)N(C(C)C)C2)C1. The number of ether oxygens (including phenoxy) is 1. The minimum absolute atomic E-state index is 0.0380. The number of methoxy groups -OCH3 is 1. The van der Waals surface area contributed by atoms with E-state index in [0.29, 0.717) is 30.9 Å². The van der Waals surface area contributed by atoms with E-state index in [9.17, 15) is 14.4 Å². The highest BCUT2D eigenvalue weighted by atomic mass is 16.5. The molecule has 1 spiro atoms. The van der Waals surface area contributed by atoms with Gasteiger partial charge in [0.15, 0.2) is 0 Å². The zero-order valence-corrected chi connectivity index (χ0v) is 17.4. The molecule has 3 aliphatic heterocycles. The standard InChI is InChI=1S/C22H29N3O4/c1-14(2)25-12-16(10-19(25)26)21(28)24-9-8-22(13-24)7-6-15-4-5-17(29-3)11-18(15)20(27)23-22/h4-5,11,14,16H,6-10,12-13H2,1-3H3,(H,23,27)/t16-,22+/m0/s1. The third-order valence-electron chi connectivity index (χ3n) is 6.61. The fourth-order valence-corrected chi connectivity index (χ4v) is 4.88. The number of nitrogens with zero attached hydrogens (tertiary/aromatic N) is 2. The minimum atomic E-state index is -0.403. The maximum Gasteiger partial charge on any atom is 0.252 e. The lowest BCUT2D eigenvalue weighted by atomic mass is 9.91. The Hall–Kier alpha value is -2.57. The van der Waals surface area contributed by atoms with E-state index in [4.69, 9.17) is 4.74 Å². The minimum Gasteiger partial charge on any atom is -0.497 e. The summed E-state index contributed by atoms with van der Waals surface area (Å²) in [5.41, 5.74) is 1.26. The van der Waals surface area contributed by atoms with Crippen LogP contribution in [0.3, 0.4) is 0 Å². The van der Waals surface area contributed by atoms with Gasteiger partial charge in [-0.2, -0.15) is 0 Å². The molecular formula is C22H29N3O4. The van der Waals surface area contributed by atoms with Gasteiger partial charge in [0.2, 0.25) is 11.8 Å². The molecule has 0 radical (unpaired) electrons. The van der Waals surface area contributed by atoms with Gasteiger partial charge in [-0.15, -0.1) is 0 Å². The zero-order valence-electron chi connectivity index (χ0n) is 17.4. The van der Waals surface area contributed by atoms with Crippen LogP contribution in [0.4, 0.5) is 0 Å². The molecule has 7 heteroatoms. The second kappa shape index (κ2) is 7.35. The molecule has 156 valence electrons. The number of hydrogen-bond acceptors (Lipinski definition) is 4. The molecule has 1 aromatic carbocycles. The van der Waals surface area contributed by atoms with Gasteiger partial charge in [-0.25, -0.2) is 0 Å². The van der Waals surface area contributed by atoms with Gasteiger partial charge < -0.3 is 19.9 Å². The van der Waals surface area contributed by atoms with E-state index in [0.717, 1.165) is 24.8 Å². The Morgan fingerprint density at radius 1 is 1.28 bits per heavy atom. The molecule has 3 amide bonds. The number of benzene rings is 1. The van der Waals surface area contributed by atoms with E-state index in [1.807, 2.05) is 30.9 Å². The second-order valence-electron chi connectivity index (χ2n) is 8.81. The Morgan fingerprint density at radius 3 is 2.76 bits per heavy atom. The van der Waals surface area contributed by atoms with Gasteiger partial charge in [0.1, 0.15) is 5.75 Å². The van der Waals surface area contributed by atoms with Crippen molar-refractivity contribution in [2.45, 2.75) is 51.1 Å². The van der Waals surface area contributed by atoms with Crippen LogP contribution in [0.1, 0.15) is 49.0 Å². The second-order valence-corrected chi connectivity index (χ2v) is 8.81. The molecule has 1 aromatic rings. The van der Waals surface area contributed by atoms with E-state index in [-0.39, 0.29) is 36.1 Å². The number of aryl methyl sites for hydroxylation is 1. The van der Waals surface area contributed by atoms with Crippen LogP contribution < -0.4 is 10.1 Å². The molecule has 2 atom stereocenters. The van der Waals surface area contributed by atoms with Crippen LogP contribution in [0.25, 0.3) is 0 Å². The number of rotatable bonds is 3. The number of carbonyl (C=O) groups excluding carboxylic acids is 3. The van der Waals surface area contributed by atoms with Crippen LogP contribution >= 0.6 is 0 Å². The summed E-state index contributed by atoms with van der Waals surface area (Å²) in [7, 11) is 1.59. The predicted molar refractivity (Wildman–Crippen MR) is 108 cm³/mol. The van der Waals surface area contributed by atoms with E-state index in [1.165, 1.54) is 0 Å². The van der Waals surface area contributed by atoms with Crippen molar-refractivity contribution in [1.82, 2.24) is 15.1 Å². The molecule has 3 aliphatic rings. The molecule has 7 nitrogen and oxygen atoms in total. The quantitative estimate of drug-likeness (QED) is 0.837. The Labute approximate surface area is 171 Å². The first-order valence-corrected chi connectivity index (χ1v) is 10.4. The molecule has 4 rings (SSSR count). The predicted octanol–water partition coefficient (Wildman–Crippen LogP) is 1.60. The van der Waals surface area contributed by atoms with E-state index < -0.39 is 5.54 Å². The molecule has 0 saturated carbocycles. The molecule has 2 saturated heterocycles. The van der Waals surface area contributed by atoms with Gasteiger partial charge >= 0.3 is 0 Å². The van der Waals surface area contributed by atoms with Crippen LogP contribution in [0.15, 0.2) is 18.2 Å². The number of amides is 3. The largest absolute Gasteiger partial charge is 0.497 e. The summed E-state index contributed by atoms with van der Waals surface area (Å²) >= 11 is 0. The van der Waals surface area contributed by atoms with Gasteiger partial charge in [0.25, 0.3) is 5.91 Å². The van der Waals surface area contributed by atoms with Crippen LogP contribution in [-0.2, 0) is 16.0 Å². The summed E-state index contributed by atoms with van der Waals surface area (Å²) < 4.78 is 5.26. The highest BCUT2D eigenvalue weighted by Crippen LogP contribution is 2.33. The maximum absolute atomic E-state index is 13.1. The van der Waals surface area contributed by atoms with Gasteiger partial charge in [0, 0.05) is 37.7 Å². The molecule has 29 heavy (non-hydrogen) atoms. The monoisotopic (exact) mass is 399 g/mol. The summed E-state index contributed by atoms with van der Waals surface area (Å²) in [6, 6.07) is 5.73. The smallest absolute Gasteiger partial charge is 0.252 e. The fourth-order valence-electron chi connectivity index (χ4n) is 4.88. The molecule has 0 bridgehead atoms. The summed E-state index contributed by atoms with van der Waals surface area (Å²) in [6.45, 7) is 5.57. The maximum atomic E-state index is 13.1. The molecule has 0 unspecified atom stereocenters. The van der Waals surface area contributed by atoms with Crippen molar-refractivity contribution < 1.29 is 19.1 Å². The van der Waals surface area contributed by atoms with Crippen molar-refractivity contribution >= 4 is 17.7 Å². The Balaban J connectivity index is 1.46. The lowest BCUT2D eigenvalue weighted by Gasteiger charge is -2.29. The third-order valence-corrected chi connectivity index (χ3v) is 6.61. The Kier molecular flexibility index (Phi) is 5.00. The molecule has 1 N–H and O–H groups in total. The highest BCUT2D eigenvalue weighted by Gasteiger charge is 2.45. The molecule has 3 heterocycles. The summed E-state index contributed by atoms with van der Waals surface area (Å²) in [4.78, 5) is 41.8. The molecular weight excluding hydrogens is 370 g/mol. The Morgan fingerprint density at radius 2 is 2.07 bits per heavy atom. The average Bonchev–Trinajstić information content (AvgIpc) is 3.26. The number of carbonyl (C=O) groups is 3. The number of nitrogens with one attached hydrogen (secondary N) is 1. The van der Waals surface area contributed by atoms with Gasteiger partial charge in [-0.3, -0.25) is 14.4 Å². The van der Waals surface area contributed by atoms with E-state index in [1.54, 1.807) is 18.1 Å². The normalized spacial score (nSPS) is 26.7. The van der Waals surface area contributed by atoms with Crippen molar-refractivity contribution in [3.05, 3.63) is 29.3 Å². The topological polar surface area (TPSA) is 79.0 Å². The van der Waals surface area contributed by atoms with Crippen molar-refractivity contribution in [2.24, 2.45) is 5.92 Å². The first kappa shape index (κ1) is 19.7. The van der Waals surface area contributed by atoms with Crippen molar-refractivity contribution in [3.63, 3.8) is 0 Å². The molecule has 0 aliphatic carbocycles. The van der Waals surface area contributed by atoms with Gasteiger partial charge in [-0.05, 0) is 50.8 Å². The van der Waals surface area contributed by atoms with Crippen molar-refractivity contribution in [2.75, 3.05) is 26.7 Å². The molecule has 2 fully saturated rings. The van der Waals surface area contributed by atoms with Crippen molar-refractivity contribution in [3.8, 4) is 5.75 Å². The number of likely N-dealkylation sites (tertiary alicyclic amines) is 2. The summed E-state index contributed by atoms with van der Waals surface area (Å²) in [5, 5.41) is 3.21. The molecule has 0 aromatic heterocycles. The van der Waals surface area contributed by atoms with Gasteiger partial charge in [0.05, 0.1) is 18.6 Å². The first-order chi connectivity index (χ1) is 13.8. The lowest BCUT2D eigenvalue weighted by Crippen LogP contribution is -2.50. The van der Waals surface area contributed by atoms with Gasteiger partial charge in [-0.1, -0.05) is 6.07 Å². The fraction of sp³-hybridized carbons (Fsp3) is 0.591. The number of fused-ring (bicyclic) bond motifs is 1. The average molecular weight is 399 g/mol.